The van der Waals surface area contributed by atoms with Crippen LogP contribution in [0.2, 0.25) is 0 Å². The first-order valence-corrected chi connectivity index (χ1v) is 10.7. The molecule has 2 N–H and O–H groups in total. The molecule has 0 bridgehead atoms. The molecule has 2 aromatic rings. The monoisotopic (exact) mass is 491 g/mol. The maximum atomic E-state index is 12.7. The van der Waals surface area contributed by atoms with Crippen molar-refractivity contribution in [3.63, 3.8) is 0 Å². The van der Waals surface area contributed by atoms with Crippen molar-refractivity contribution in [2.45, 2.75) is 32.8 Å². The fourth-order valence-electron chi connectivity index (χ4n) is 2.60. The van der Waals surface area contributed by atoms with Gasteiger partial charge in [0.2, 0.25) is 5.91 Å². The van der Waals surface area contributed by atoms with E-state index in [4.69, 9.17) is 17.0 Å². The standard InChI is InChI=1S/C22H26BrN3O3S/c1-14(2)29-19-11-8-16(23)13-18(19)21(28)25-22(30)24-17-9-5-15(6-10-17)7-12-20(27)26(3)4/h5-6,8-11,13-14H,7,12H2,1-4H3,(H2,24,25,28,30). The van der Waals surface area contributed by atoms with E-state index in [0.717, 1.165) is 15.7 Å². The number of carbonyl (C=O) groups is 2. The average Bonchev–Trinajstić information content (AvgIpc) is 2.67. The van der Waals surface area contributed by atoms with Crippen LogP contribution in [0, 0.1) is 0 Å². The Morgan fingerprint density at radius 2 is 1.80 bits per heavy atom. The quantitative estimate of drug-likeness (QED) is 0.562. The summed E-state index contributed by atoms with van der Waals surface area (Å²) in [5.74, 6) is 0.225. The summed E-state index contributed by atoms with van der Waals surface area (Å²) in [4.78, 5) is 26.0. The third-order valence-electron chi connectivity index (χ3n) is 4.11. The Hall–Kier alpha value is -2.45. The maximum Gasteiger partial charge on any atom is 0.261 e. The molecule has 0 radical (unpaired) electrons. The number of halogens is 1. The number of thiocarbonyl (C=S) groups is 1. The molecule has 2 amide bonds. The number of aryl methyl sites for hydroxylation is 1. The Bertz CT molecular complexity index is 914. The van der Waals surface area contributed by atoms with E-state index in [9.17, 15) is 9.59 Å². The molecule has 0 saturated heterocycles. The van der Waals surface area contributed by atoms with Gasteiger partial charge in [-0.05, 0) is 68.4 Å². The number of anilines is 1. The number of nitrogens with one attached hydrogen (secondary N) is 2. The van der Waals surface area contributed by atoms with Crippen LogP contribution >= 0.6 is 28.1 Å². The summed E-state index contributed by atoms with van der Waals surface area (Å²) in [7, 11) is 3.49. The minimum Gasteiger partial charge on any atom is -0.490 e. The number of rotatable bonds is 7. The Kier molecular flexibility index (Phi) is 8.80. The summed E-state index contributed by atoms with van der Waals surface area (Å²) in [6.45, 7) is 3.80. The van der Waals surface area contributed by atoms with Gasteiger partial charge in [0.05, 0.1) is 11.7 Å². The van der Waals surface area contributed by atoms with Crippen molar-refractivity contribution in [3.05, 3.63) is 58.1 Å². The van der Waals surface area contributed by atoms with Crippen molar-refractivity contribution in [1.82, 2.24) is 10.2 Å². The van der Waals surface area contributed by atoms with E-state index in [1.807, 2.05) is 44.2 Å². The highest BCUT2D eigenvalue weighted by atomic mass is 79.9. The molecule has 0 aromatic heterocycles. The van der Waals surface area contributed by atoms with Crippen molar-refractivity contribution in [1.29, 1.82) is 0 Å². The van der Waals surface area contributed by atoms with Gasteiger partial charge in [0, 0.05) is 30.7 Å². The van der Waals surface area contributed by atoms with E-state index >= 15 is 0 Å². The van der Waals surface area contributed by atoms with Crippen LogP contribution in [0.1, 0.15) is 36.2 Å². The van der Waals surface area contributed by atoms with Crippen LogP contribution in [-0.2, 0) is 11.2 Å². The first-order valence-electron chi connectivity index (χ1n) is 9.53. The first kappa shape index (κ1) is 23.8. The number of amides is 2. The SMILES string of the molecule is CC(C)Oc1ccc(Br)cc1C(=O)NC(=S)Nc1ccc(CCC(=O)N(C)C)cc1. The Morgan fingerprint density at radius 1 is 1.13 bits per heavy atom. The molecule has 6 nitrogen and oxygen atoms in total. The molecule has 2 aromatic carbocycles. The van der Waals surface area contributed by atoms with Crippen LogP contribution in [0.4, 0.5) is 5.69 Å². The second-order valence-corrected chi connectivity index (χ2v) is 8.52. The lowest BCUT2D eigenvalue weighted by atomic mass is 10.1. The molecule has 30 heavy (non-hydrogen) atoms. The van der Waals surface area contributed by atoms with Crippen LogP contribution in [0.25, 0.3) is 0 Å². The lowest BCUT2D eigenvalue weighted by molar-refractivity contribution is -0.128. The van der Waals surface area contributed by atoms with Crippen LogP contribution in [0.3, 0.4) is 0 Å². The van der Waals surface area contributed by atoms with Crippen LogP contribution in [0.15, 0.2) is 46.9 Å². The molecule has 8 heteroatoms. The van der Waals surface area contributed by atoms with E-state index in [2.05, 4.69) is 26.6 Å². The van der Waals surface area contributed by atoms with Gasteiger partial charge in [0.1, 0.15) is 5.75 Å². The first-order chi connectivity index (χ1) is 14.2. The van der Waals surface area contributed by atoms with Crippen molar-refractivity contribution < 1.29 is 14.3 Å². The van der Waals surface area contributed by atoms with Crippen LogP contribution < -0.4 is 15.4 Å². The molecule has 0 unspecified atom stereocenters. The predicted molar refractivity (Wildman–Crippen MR) is 127 cm³/mol. The molecular weight excluding hydrogens is 466 g/mol. The maximum absolute atomic E-state index is 12.7. The fourth-order valence-corrected chi connectivity index (χ4v) is 3.17. The van der Waals surface area contributed by atoms with Crippen molar-refractivity contribution in [2.75, 3.05) is 19.4 Å². The number of ether oxygens (including phenoxy) is 1. The van der Waals surface area contributed by atoms with Gasteiger partial charge in [-0.15, -0.1) is 0 Å². The average molecular weight is 492 g/mol. The molecular formula is C22H26BrN3O3S. The number of hydrogen-bond acceptors (Lipinski definition) is 4. The molecule has 0 spiro atoms. The molecule has 0 heterocycles. The highest BCUT2D eigenvalue weighted by molar-refractivity contribution is 9.10. The van der Waals surface area contributed by atoms with Gasteiger partial charge in [-0.25, -0.2) is 0 Å². The third-order valence-corrected chi connectivity index (χ3v) is 4.81. The molecule has 0 aliphatic carbocycles. The zero-order valence-electron chi connectivity index (χ0n) is 17.5. The van der Waals surface area contributed by atoms with Gasteiger partial charge in [-0.3, -0.25) is 14.9 Å². The van der Waals surface area contributed by atoms with Crippen LogP contribution in [-0.4, -0.2) is 42.0 Å². The van der Waals surface area contributed by atoms with E-state index in [0.29, 0.717) is 24.2 Å². The summed E-state index contributed by atoms with van der Waals surface area (Å²) in [6.07, 6.45) is 1.07. The summed E-state index contributed by atoms with van der Waals surface area (Å²) < 4.78 is 6.49. The zero-order chi connectivity index (χ0) is 22.3. The summed E-state index contributed by atoms with van der Waals surface area (Å²) >= 11 is 8.66. The van der Waals surface area contributed by atoms with E-state index in [1.165, 1.54) is 0 Å². The zero-order valence-corrected chi connectivity index (χ0v) is 19.9. The molecule has 0 aliphatic rings. The smallest absolute Gasteiger partial charge is 0.261 e. The highest BCUT2D eigenvalue weighted by Gasteiger charge is 2.16. The lowest BCUT2D eigenvalue weighted by Crippen LogP contribution is -2.34. The molecule has 160 valence electrons. The largest absolute Gasteiger partial charge is 0.490 e. The van der Waals surface area contributed by atoms with Crippen molar-refractivity contribution in [2.24, 2.45) is 0 Å². The Balaban J connectivity index is 1.96. The minimum atomic E-state index is -0.358. The number of nitrogens with zero attached hydrogens (tertiary/aromatic N) is 1. The van der Waals surface area contributed by atoms with E-state index in [-0.39, 0.29) is 23.0 Å². The van der Waals surface area contributed by atoms with Gasteiger partial charge in [0.25, 0.3) is 5.91 Å². The molecule has 0 fully saturated rings. The number of benzene rings is 2. The fraction of sp³-hybridized carbons (Fsp3) is 0.318. The third kappa shape index (κ3) is 7.42. The Morgan fingerprint density at radius 3 is 2.40 bits per heavy atom. The molecule has 0 aliphatic heterocycles. The normalized spacial score (nSPS) is 10.5. The topological polar surface area (TPSA) is 70.7 Å². The number of hydrogen-bond donors (Lipinski definition) is 2. The lowest BCUT2D eigenvalue weighted by Gasteiger charge is -2.15. The molecule has 0 saturated carbocycles. The van der Waals surface area contributed by atoms with Crippen LogP contribution in [0.5, 0.6) is 5.75 Å². The summed E-state index contributed by atoms with van der Waals surface area (Å²) in [5.41, 5.74) is 2.19. The van der Waals surface area contributed by atoms with Gasteiger partial charge in [-0.1, -0.05) is 28.1 Å². The van der Waals surface area contributed by atoms with Gasteiger partial charge in [0.15, 0.2) is 5.11 Å². The van der Waals surface area contributed by atoms with Gasteiger partial charge < -0.3 is 15.0 Å². The summed E-state index contributed by atoms with van der Waals surface area (Å²) in [5, 5.41) is 5.87. The van der Waals surface area contributed by atoms with E-state index in [1.54, 1.807) is 31.1 Å². The predicted octanol–water partition coefficient (Wildman–Crippen LogP) is 4.38. The minimum absolute atomic E-state index is 0.0608. The molecule has 0 atom stereocenters. The Labute approximate surface area is 191 Å². The highest BCUT2D eigenvalue weighted by Crippen LogP contribution is 2.24. The second-order valence-electron chi connectivity index (χ2n) is 7.20. The van der Waals surface area contributed by atoms with Crippen molar-refractivity contribution >= 4 is 50.8 Å². The molecule has 2 rings (SSSR count). The van der Waals surface area contributed by atoms with Gasteiger partial charge >= 0.3 is 0 Å². The number of carbonyl (C=O) groups excluding carboxylic acids is 2. The van der Waals surface area contributed by atoms with E-state index < -0.39 is 0 Å². The second kappa shape index (κ2) is 11.1. The van der Waals surface area contributed by atoms with Crippen molar-refractivity contribution in [3.8, 4) is 5.75 Å². The summed E-state index contributed by atoms with van der Waals surface area (Å²) in [6, 6.07) is 12.8. The van der Waals surface area contributed by atoms with Gasteiger partial charge in [-0.2, -0.15) is 0 Å².